The van der Waals surface area contributed by atoms with E-state index in [4.69, 9.17) is 0 Å². The third-order valence-corrected chi connectivity index (χ3v) is 5.37. The van der Waals surface area contributed by atoms with Gasteiger partial charge in [-0.15, -0.1) is 0 Å². The molecule has 66 valence electrons. The third kappa shape index (κ3) is 3.31. The molecule has 0 saturated carbocycles. The van der Waals surface area contributed by atoms with E-state index >= 15 is 0 Å². The molecule has 0 aromatic heterocycles. The van der Waals surface area contributed by atoms with Crippen molar-refractivity contribution in [1.82, 2.24) is 4.72 Å². The number of sulfonamides is 1. The van der Waals surface area contributed by atoms with Crippen LogP contribution in [0, 0.1) is 0 Å². The van der Waals surface area contributed by atoms with Gasteiger partial charge in [0.1, 0.15) is 4.66 Å². The highest BCUT2D eigenvalue weighted by molar-refractivity contribution is 9.10. The molecular weight excluding hydrogens is 250 g/mol. The molecule has 0 amide bonds. The lowest BCUT2D eigenvalue weighted by Crippen LogP contribution is -2.35. The lowest BCUT2D eigenvalue weighted by Gasteiger charge is -2.08. The summed E-state index contributed by atoms with van der Waals surface area (Å²) in [7, 11) is -3.05. The predicted octanol–water partition coefficient (Wildman–Crippen LogP) is 0.764. The minimum Gasteiger partial charge on any atom is -0.212 e. The maximum Gasteiger partial charge on any atom is 0.221 e. The molecule has 0 aromatic carbocycles. The molecule has 1 saturated heterocycles. The van der Waals surface area contributed by atoms with E-state index in [1.165, 1.54) is 0 Å². The molecule has 0 bridgehead atoms. The van der Waals surface area contributed by atoms with E-state index in [0.29, 0.717) is 0 Å². The lowest BCUT2D eigenvalue weighted by molar-refractivity contribution is 0.568. The van der Waals surface area contributed by atoms with Crippen LogP contribution in [0.3, 0.4) is 0 Å². The highest BCUT2D eigenvalue weighted by atomic mass is 79.9. The molecule has 0 aromatic rings. The summed E-state index contributed by atoms with van der Waals surface area (Å²) in [5.41, 5.74) is 0. The minimum atomic E-state index is -3.05. The van der Waals surface area contributed by atoms with Gasteiger partial charge in [0.25, 0.3) is 0 Å². The van der Waals surface area contributed by atoms with Crippen LogP contribution in [0.2, 0.25) is 0 Å². The molecule has 1 N–H and O–H groups in total. The number of rotatable bonds is 3. The molecule has 1 unspecified atom stereocenters. The fraction of sp³-hybridized carbons (Fsp3) is 1.00. The van der Waals surface area contributed by atoms with Crippen LogP contribution < -0.4 is 4.72 Å². The summed E-state index contributed by atoms with van der Waals surface area (Å²) < 4.78 is 24.6. The molecule has 1 heterocycles. The summed E-state index contributed by atoms with van der Waals surface area (Å²) in [6, 6.07) is 0.155. The number of halogens is 1. The van der Waals surface area contributed by atoms with Gasteiger partial charge in [-0.1, -0.05) is 15.9 Å². The fourth-order valence-electron chi connectivity index (χ4n) is 0.913. The second-order valence-electron chi connectivity index (χ2n) is 2.40. The normalized spacial score (nSPS) is 25.7. The van der Waals surface area contributed by atoms with Gasteiger partial charge < -0.3 is 0 Å². The van der Waals surface area contributed by atoms with Gasteiger partial charge in [-0.2, -0.15) is 11.8 Å². The van der Waals surface area contributed by atoms with Crippen LogP contribution in [-0.2, 0) is 10.0 Å². The van der Waals surface area contributed by atoms with Crippen LogP contribution in [0.5, 0.6) is 0 Å². The molecular formula is C5H10BrNO2S2. The van der Waals surface area contributed by atoms with Crippen molar-refractivity contribution in [2.45, 2.75) is 12.5 Å². The monoisotopic (exact) mass is 259 g/mol. The topological polar surface area (TPSA) is 46.2 Å². The first-order chi connectivity index (χ1) is 5.14. The average Bonchev–Trinajstić information content (AvgIpc) is 2.39. The maximum atomic E-state index is 11.0. The van der Waals surface area contributed by atoms with E-state index in [-0.39, 0.29) is 10.7 Å². The van der Waals surface area contributed by atoms with E-state index in [2.05, 4.69) is 20.7 Å². The Bertz CT molecular complexity index is 211. The Morgan fingerprint density at radius 3 is 2.82 bits per heavy atom. The largest absolute Gasteiger partial charge is 0.221 e. The van der Waals surface area contributed by atoms with Gasteiger partial charge in [0.05, 0.1) is 0 Å². The quantitative estimate of drug-likeness (QED) is 0.762. The Labute approximate surface area is 79.5 Å². The summed E-state index contributed by atoms with van der Waals surface area (Å²) in [5.74, 6) is 1.97. The number of hydrogen-bond acceptors (Lipinski definition) is 3. The molecule has 0 aliphatic carbocycles. The summed E-state index contributed by atoms with van der Waals surface area (Å²) in [4.78, 5) is 0. The first-order valence-electron chi connectivity index (χ1n) is 3.28. The van der Waals surface area contributed by atoms with Crippen LogP contribution in [0.25, 0.3) is 0 Å². The molecule has 0 spiro atoms. The van der Waals surface area contributed by atoms with Crippen molar-refractivity contribution in [3.8, 4) is 0 Å². The predicted molar refractivity (Wildman–Crippen MR) is 51.6 cm³/mol. The van der Waals surface area contributed by atoms with E-state index in [9.17, 15) is 8.42 Å². The Balaban J connectivity index is 2.41. The van der Waals surface area contributed by atoms with Gasteiger partial charge in [-0.3, -0.25) is 0 Å². The minimum absolute atomic E-state index is 0.00116. The maximum absolute atomic E-state index is 11.0. The lowest BCUT2D eigenvalue weighted by atomic mass is 10.3. The van der Waals surface area contributed by atoms with Crippen LogP contribution in [0.15, 0.2) is 0 Å². The molecule has 3 nitrogen and oxygen atoms in total. The summed E-state index contributed by atoms with van der Waals surface area (Å²) in [6.07, 6.45) is 0.955. The smallest absolute Gasteiger partial charge is 0.212 e. The standard InChI is InChI=1S/C5H10BrNO2S2/c6-4-11(8,9)7-5-1-2-10-3-5/h5,7H,1-4H2. The third-order valence-electron chi connectivity index (χ3n) is 1.42. The molecule has 1 aliphatic rings. The van der Waals surface area contributed by atoms with Crippen molar-refractivity contribution in [2.75, 3.05) is 16.2 Å². The molecule has 1 fully saturated rings. The highest BCUT2D eigenvalue weighted by Crippen LogP contribution is 2.17. The van der Waals surface area contributed by atoms with Crippen molar-refractivity contribution in [3.05, 3.63) is 0 Å². The molecule has 6 heteroatoms. The van der Waals surface area contributed by atoms with Crippen molar-refractivity contribution in [1.29, 1.82) is 0 Å². The molecule has 1 rings (SSSR count). The van der Waals surface area contributed by atoms with Gasteiger partial charge in [-0.25, -0.2) is 13.1 Å². The summed E-state index contributed by atoms with van der Waals surface area (Å²) in [6.45, 7) is 0. The average molecular weight is 260 g/mol. The summed E-state index contributed by atoms with van der Waals surface area (Å²) in [5, 5.41) is 0. The second-order valence-corrected chi connectivity index (χ2v) is 6.61. The zero-order valence-corrected chi connectivity index (χ0v) is 9.14. The van der Waals surface area contributed by atoms with E-state index in [0.717, 1.165) is 17.9 Å². The van der Waals surface area contributed by atoms with E-state index in [1.807, 2.05) is 0 Å². The molecule has 1 aliphatic heterocycles. The highest BCUT2D eigenvalue weighted by Gasteiger charge is 2.20. The molecule has 11 heavy (non-hydrogen) atoms. The van der Waals surface area contributed by atoms with Crippen molar-refractivity contribution in [3.63, 3.8) is 0 Å². The first-order valence-corrected chi connectivity index (χ1v) is 7.20. The zero-order valence-electron chi connectivity index (χ0n) is 5.92. The van der Waals surface area contributed by atoms with Crippen LogP contribution in [-0.4, -0.2) is 30.6 Å². The first kappa shape index (κ1) is 9.83. The van der Waals surface area contributed by atoms with Gasteiger partial charge in [0.15, 0.2) is 0 Å². The Hall–Kier alpha value is 0.740. The van der Waals surface area contributed by atoms with Crippen LogP contribution >= 0.6 is 27.7 Å². The Morgan fingerprint density at radius 1 is 1.64 bits per heavy atom. The van der Waals surface area contributed by atoms with Gasteiger partial charge in [0, 0.05) is 11.8 Å². The van der Waals surface area contributed by atoms with Crippen molar-refractivity contribution >= 4 is 37.7 Å². The van der Waals surface area contributed by atoms with E-state index in [1.54, 1.807) is 11.8 Å². The van der Waals surface area contributed by atoms with Crippen LogP contribution in [0.4, 0.5) is 0 Å². The second kappa shape index (κ2) is 4.11. The Morgan fingerprint density at radius 2 is 2.36 bits per heavy atom. The molecule has 0 radical (unpaired) electrons. The van der Waals surface area contributed by atoms with Crippen molar-refractivity contribution < 1.29 is 8.42 Å². The number of alkyl halides is 1. The SMILES string of the molecule is O=S(=O)(CBr)NC1CCSC1. The Kier molecular flexibility index (Phi) is 3.67. The van der Waals surface area contributed by atoms with Gasteiger partial charge in [-0.05, 0) is 12.2 Å². The van der Waals surface area contributed by atoms with Gasteiger partial charge >= 0.3 is 0 Å². The number of thioether (sulfide) groups is 1. The number of hydrogen-bond donors (Lipinski definition) is 1. The zero-order chi connectivity index (χ0) is 8.32. The summed E-state index contributed by atoms with van der Waals surface area (Å²) >= 11 is 4.71. The van der Waals surface area contributed by atoms with E-state index < -0.39 is 10.0 Å². The van der Waals surface area contributed by atoms with Gasteiger partial charge in [0.2, 0.25) is 10.0 Å². The fourth-order valence-corrected chi connectivity index (χ4v) is 3.34. The molecule has 1 atom stereocenters. The number of nitrogens with one attached hydrogen (secondary N) is 1. The van der Waals surface area contributed by atoms with Crippen LogP contribution in [0.1, 0.15) is 6.42 Å². The van der Waals surface area contributed by atoms with Crippen molar-refractivity contribution in [2.24, 2.45) is 0 Å².